The minimum Gasteiger partial charge on any atom is -0.494 e. The fourth-order valence-electron chi connectivity index (χ4n) is 3.62. The third kappa shape index (κ3) is 5.09. The number of benzene rings is 2. The number of hydrogen-bond donors (Lipinski definition) is 2. The van der Waals surface area contributed by atoms with E-state index >= 15 is 0 Å². The molecule has 0 saturated carbocycles. The molecule has 1 aliphatic rings. The van der Waals surface area contributed by atoms with Crippen LogP contribution in [-0.4, -0.2) is 24.5 Å². The maximum Gasteiger partial charge on any atom is 0.220 e. The van der Waals surface area contributed by atoms with E-state index in [1.54, 1.807) is 12.1 Å². The standard InChI is InChI=1S/C22H25FN2O3/c1-28-19-13-17(7-8-18(19)23)14-22(12-10-21(27)25-22)11-9-20(26)24-15-16-5-3-2-4-6-16/h2-8,13H,9-12,14-15H2,1H3,(H,24,26)(H,25,27)/t22-/m1/s1. The Balaban J connectivity index is 1.61. The Bertz CT molecular complexity index is 841. The van der Waals surface area contributed by atoms with E-state index in [1.807, 2.05) is 30.3 Å². The Morgan fingerprint density at radius 1 is 1.21 bits per heavy atom. The lowest BCUT2D eigenvalue weighted by Gasteiger charge is -2.29. The van der Waals surface area contributed by atoms with Crippen LogP contribution in [0.2, 0.25) is 0 Å². The number of rotatable bonds is 8. The third-order valence-electron chi connectivity index (χ3n) is 5.16. The molecule has 0 spiro atoms. The van der Waals surface area contributed by atoms with Crippen LogP contribution in [0.5, 0.6) is 5.75 Å². The van der Waals surface area contributed by atoms with E-state index in [0.29, 0.717) is 38.6 Å². The van der Waals surface area contributed by atoms with Crippen molar-refractivity contribution in [3.8, 4) is 5.75 Å². The first-order valence-corrected chi connectivity index (χ1v) is 9.44. The van der Waals surface area contributed by atoms with Crippen LogP contribution in [-0.2, 0) is 22.6 Å². The van der Waals surface area contributed by atoms with E-state index in [9.17, 15) is 14.0 Å². The molecule has 2 amide bonds. The molecule has 1 aliphatic heterocycles. The van der Waals surface area contributed by atoms with Crippen LogP contribution in [0.1, 0.15) is 36.8 Å². The first-order chi connectivity index (χ1) is 13.5. The summed E-state index contributed by atoms with van der Waals surface area (Å²) in [6.45, 7) is 0.480. The lowest BCUT2D eigenvalue weighted by molar-refractivity contribution is -0.122. The molecule has 3 rings (SSSR count). The van der Waals surface area contributed by atoms with Gasteiger partial charge in [0.25, 0.3) is 0 Å². The van der Waals surface area contributed by atoms with E-state index in [1.165, 1.54) is 13.2 Å². The minimum atomic E-state index is -0.496. The van der Waals surface area contributed by atoms with Crippen molar-refractivity contribution in [2.75, 3.05) is 7.11 Å². The molecule has 1 heterocycles. The molecule has 28 heavy (non-hydrogen) atoms. The molecule has 1 saturated heterocycles. The van der Waals surface area contributed by atoms with Crippen molar-refractivity contribution in [3.05, 3.63) is 65.5 Å². The first kappa shape index (κ1) is 19.9. The molecule has 0 unspecified atom stereocenters. The van der Waals surface area contributed by atoms with Gasteiger partial charge in [0.1, 0.15) is 0 Å². The highest BCUT2D eigenvalue weighted by atomic mass is 19.1. The van der Waals surface area contributed by atoms with E-state index < -0.39 is 11.4 Å². The quantitative estimate of drug-likeness (QED) is 0.735. The molecule has 0 aliphatic carbocycles. The Hall–Kier alpha value is -2.89. The summed E-state index contributed by atoms with van der Waals surface area (Å²) in [6.07, 6.45) is 2.45. The summed E-state index contributed by atoms with van der Waals surface area (Å²) in [4.78, 5) is 24.2. The molecular weight excluding hydrogens is 359 g/mol. The fraction of sp³-hybridized carbons (Fsp3) is 0.364. The van der Waals surface area contributed by atoms with Gasteiger partial charge in [-0.15, -0.1) is 0 Å². The highest BCUT2D eigenvalue weighted by molar-refractivity contribution is 5.80. The molecule has 5 nitrogen and oxygen atoms in total. The van der Waals surface area contributed by atoms with E-state index in [2.05, 4.69) is 10.6 Å². The van der Waals surface area contributed by atoms with Crippen molar-refractivity contribution in [3.63, 3.8) is 0 Å². The minimum absolute atomic E-state index is 0.0150. The molecule has 2 aromatic carbocycles. The molecule has 148 valence electrons. The topological polar surface area (TPSA) is 67.4 Å². The number of halogens is 1. The summed E-state index contributed by atoms with van der Waals surface area (Å²) < 4.78 is 18.7. The van der Waals surface area contributed by atoms with Gasteiger partial charge in [0.15, 0.2) is 11.6 Å². The summed E-state index contributed by atoms with van der Waals surface area (Å²) in [7, 11) is 1.42. The largest absolute Gasteiger partial charge is 0.494 e. The van der Waals surface area contributed by atoms with Gasteiger partial charge in [0.05, 0.1) is 7.11 Å². The van der Waals surface area contributed by atoms with Gasteiger partial charge in [-0.3, -0.25) is 9.59 Å². The maximum atomic E-state index is 13.7. The van der Waals surface area contributed by atoms with Gasteiger partial charge in [0.2, 0.25) is 11.8 Å². The molecule has 2 N–H and O–H groups in total. The predicted molar refractivity (Wildman–Crippen MR) is 104 cm³/mol. The Kier molecular flexibility index (Phi) is 6.29. The average molecular weight is 384 g/mol. The van der Waals surface area contributed by atoms with Gasteiger partial charge >= 0.3 is 0 Å². The number of hydrogen-bond acceptors (Lipinski definition) is 3. The van der Waals surface area contributed by atoms with Gasteiger partial charge in [-0.05, 0) is 42.5 Å². The summed E-state index contributed by atoms with van der Waals surface area (Å²) in [5.41, 5.74) is 1.41. The van der Waals surface area contributed by atoms with Gasteiger partial charge in [0, 0.05) is 24.9 Å². The van der Waals surface area contributed by atoms with Crippen molar-refractivity contribution in [1.29, 1.82) is 0 Å². The van der Waals surface area contributed by atoms with E-state index in [0.717, 1.165) is 11.1 Å². The highest BCUT2D eigenvalue weighted by Gasteiger charge is 2.38. The molecule has 0 aromatic heterocycles. The van der Waals surface area contributed by atoms with Gasteiger partial charge in [-0.25, -0.2) is 4.39 Å². The van der Waals surface area contributed by atoms with Crippen LogP contribution in [0.3, 0.4) is 0 Å². The molecule has 1 fully saturated rings. The first-order valence-electron chi connectivity index (χ1n) is 9.44. The predicted octanol–water partition coefficient (Wildman–Crippen LogP) is 3.12. The summed E-state index contributed by atoms with van der Waals surface area (Å²) in [5, 5.41) is 5.96. The lowest BCUT2D eigenvalue weighted by Crippen LogP contribution is -2.44. The molecule has 0 radical (unpaired) electrons. The van der Waals surface area contributed by atoms with Crippen LogP contribution in [0.4, 0.5) is 4.39 Å². The van der Waals surface area contributed by atoms with Crippen LogP contribution in [0.15, 0.2) is 48.5 Å². The second kappa shape index (κ2) is 8.87. The normalized spacial score (nSPS) is 18.6. The summed E-state index contributed by atoms with van der Waals surface area (Å²) in [6, 6.07) is 14.4. The van der Waals surface area contributed by atoms with Crippen molar-refractivity contribution < 1.29 is 18.7 Å². The number of carbonyl (C=O) groups excluding carboxylic acids is 2. The number of amides is 2. The number of nitrogens with one attached hydrogen (secondary N) is 2. The van der Waals surface area contributed by atoms with Crippen LogP contribution in [0.25, 0.3) is 0 Å². The number of carbonyl (C=O) groups is 2. The Labute approximate surface area is 164 Å². The van der Waals surface area contributed by atoms with E-state index in [-0.39, 0.29) is 17.6 Å². The van der Waals surface area contributed by atoms with Gasteiger partial charge in [-0.1, -0.05) is 36.4 Å². The summed E-state index contributed by atoms with van der Waals surface area (Å²) in [5.74, 6) is -0.312. The van der Waals surface area contributed by atoms with Crippen molar-refractivity contribution in [2.45, 2.75) is 44.2 Å². The Morgan fingerprint density at radius 3 is 2.68 bits per heavy atom. The second-order valence-corrected chi connectivity index (χ2v) is 7.24. The number of methoxy groups -OCH3 is 1. The second-order valence-electron chi connectivity index (χ2n) is 7.24. The zero-order valence-corrected chi connectivity index (χ0v) is 16.0. The maximum absolute atomic E-state index is 13.7. The number of ether oxygens (including phenoxy) is 1. The van der Waals surface area contributed by atoms with E-state index in [4.69, 9.17) is 4.74 Å². The van der Waals surface area contributed by atoms with Crippen molar-refractivity contribution in [1.82, 2.24) is 10.6 Å². The smallest absolute Gasteiger partial charge is 0.220 e. The van der Waals surface area contributed by atoms with Gasteiger partial charge in [-0.2, -0.15) is 0 Å². The molecule has 6 heteroatoms. The van der Waals surface area contributed by atoms with Crippen LogP contribution >= 0.6 is 0 Å². The van der Waals surface area contributed by atoms with Crippen LogP contribution in [0, 0.1) is 5.82 Å². The highest BCUT2D eigenvalue weighted by Crippen LogP contribution is 2.31. The van der Waals surface area contributed by atoms with Crippen LogP contribution < -0.4 is 15.4 Å². The fourth-order valence-corrected chi connectivity index (χ4v) is 3.62. The molecule has 0 bridgehead atoms. The zero-order chi connectivity index (χ0) is 20.0. The third-order valence-corrected chi connectivity index (χ3v) is 5.16. The lowest BCUT2D eigenvalue weighted by atomic mass is 9.85. The monoisotopic (exact) mass is 384 g/mol. The zero-order valence-electron chi connectivity index (χ0n) is 16.0. The van der Waals surface area contributed by atoms with Crippen molar-refractivity contribution in [2.24, 2.45) is 0 Å². The average Bonchev–Trinajstić information content (AvgIpc) is 3.08. The summed E-state index contributed by atoms with van der Waals surface area (Å²) >= 11 is 0. The Morgan fingerprint density at radius 2 is 2.00 bits per heavy atom. The molecule has 1 atom stereocenters. The SMILES string of the molecule is COc1cc(C[C@@]2(CCC(=O)NCc3ccccc3)CCC(=O)N2)ccc1F. The van der Waals surface area contributed by atoms with Gasteiger partial charge < -0.3 is 15.4 Å². The molecule has 2 aromatic rings. The molecular formula is C22H25FN2O3. The van der Waals surface area contributed by atoms with Crippen molar-refractivity contribution >= 4 is 11.8 Å².